The summed E-state index contributed by atoms with van der Waals surface area (Å²) in [5.74, 6) is 0. The largest absolute Gasteiger partial charge is 1.00 e. The van der Waals surface area contributed by atoms with Crippen molar-refractivity contribution in [3.63, 3.8) is 0 Å². The topological polar surface area (TPSA) is 114 Å². The lowest BCUT2D eigenvalue weighted by atomic mass is 10.0. The maximum atomic E-state index is 9.51. The highest BCUT2D eigenvalue weighted by Gasteiger charge is 2.20. The first-order chi connectivity index (χ1) is 10.2. The fraction of sp³-hybridized carbons (Fsp3) is 1.00. The lowest BCUT2D eigenvalue weighted by Gasteiger charge is -2.20. The minimum Gasteiger partial charge on any atom is -1.00 e. The molecule has 0 heterocycles. The van der Waals surface area contributed by atoms with Gasteiger partial charge in [0.1, 0.15) is 13.1 Å². The quantitative estimate of drug-likeness (QED) is 0.175. The van der Waals surface area contributed by atoms with E-state index in [9.17, 15) is 20.4 Å². The van der Waals surface area contributed by atoms with Crippen molar-refractivity contribution in [3.05, 3.63) is 0 Å². The van der Waals surface area contributed by atoms with Gasteiger partial charge in [-0.05, 0) is 27.7 Å². The van der Waals surface area contributed by atoms with E-state index in [1.807, 2.05) is 0 Å². The average molecular weight is 393 g/mol. The van der Waals surface area contributed by atoms with Crippen LogP contribution in [0, 0.1) is 0 Å². The molecule has 0 aliphatic heterocycles. The maximum Gasteiger partial charge on any atom is 0.125 e. The third-order valence-corrected chi connectivity index (χ3v) is 3.74. The molecule has 0 aromatic carbocycles. The highest BCUT2D eigenvalue weighted by atomic mass is 35.5. The van der Waals surface area contributed by atoms with Crippen LogP contribution in [0.15, 0.2) is 0 Å². The van der Waals surface area contributed by atoms with Gasteiger partial charge in [0.15, 0.2) is 0 Å². The van der Waals surface area contributed by atoms with Gasteiger partial charge in [-0.2, -0.15) is 0 Å². The van der Waals surface area contributed by atoms with E-state index in [2.05, 4.69) is 10.6 Å². The molecule has 8 heteroatoms. The van der Waals surface area contributed by atoms with Crippen molar-refractivity contribution in [3.8, 4) is 0 Å². The minimum atomic E-state index is -0.359. The van der Waals surface area contributed by atoms with Crippen LogP contribution >= 0.6 is 0 Å². The standard InChI is InChI=1S/C16H36N2O4.2ClH/c1-11(19)7-15(8-12(2)20)17-5-6-18-16(9-13(3)21)10-14(4)22;;/h11-22H,5-10H2,1-4H3;2*1H. The van der Waals surface area contributed by atoms with Crippen molar-refractivity contribution in [1.29, 1.82) is 0 Å². The average Bonchev–Trinajstić information content (AvgIpc) is 2.31. The summed E-state index contributed by atoms with van der Waals surface area (Å²) in [5.41, 5.74) is 0. The zero-order chi connectivity index (χ0) is 17.1. The molecule has 4 atom stereocenters. The number of rotatable bonds is 13. The van der Waals surface area contributed by atoms with Crippen LogP contribution in [0.4, 0.5) is 0 Å². The van der Waals surface area contributed by atoms with Crippen LogP contribution in [-0.4, -0.2) is 70.0 Å². The molecule has 0 bridgehead atoms. The van der Waals surface area contributed by atoms with Gasteiger partial charge in [0, 0.05) is 25.7 Å². The summed E-state index contributed by atoms with van der Waals surface area (Å²) in [5, 5.41) is 42.4. The first-order valence-corrected chi connectivity index (χ1v) is 8.59. The Labute approximate surface area is 159 Å². The van der Waals surface area contributed by atoms with E-state index in [0.717, 1.165) is 13.1 Å². The maximum absolute atomic E-state index is 9.51. The molecule has 0 radical (unpaired) electrons. The van der Waals surface area contributed by atoms with Crippen molar-refractivity contribution < 1.29 is 55.9 Å². The molecule has 0 fully saturated rings. The fourth-order valence-electron chi connectivity index (χ4n) is 2.99. The Balaban J connectivity index is -0.00000220. The molecule has 0 spiro atoms. The summed E-state index contributed by atoms with van der Waals surface area (Å²) < 4.78 is 0. The number of aliphatic hydroxyl groups is 4. The molecule has 150 valence electrons. The van der Waals surface area contributed by atoms with Crippen LogP contribution in [0.5, 0.6) is 0 Å². The molecule has 8 N–H and O–H groups in total. The zero-order valence-corrected chi connectivity index (χ0v) is 16.9. The van der Waals surface area contributed by atoms with Crippen molar-refractivity contribution in [2.45, 2.75) is 89.9 Å². The molecule has 0 saturated carbocycles. The Morgan fingerprint density at radius 1 is 0.542 bits per heavy atom. The molecule has 4 unspecified atom stereocenters. The van der Waals surface area contributed by atoms with E-state index in [4.69, 9.17) is 0 Å². The number of hydrogen-bond acceptors (Lipinski definition) is 4. The predicted octanol–water partition coefficient (Wildman–Crippen LogP) is -8.06. The molecular weight excluding hydrogens is 355 g/mol. The van der Waals surface area contributed by atoms with E-state index < -0.39 is 0 Å². The third kappa shape index (κ3) is 18.7. The second-order valence-corrected chi connectivity index (χ2v) is 6.91. The van der Waals surface area contributed by atoms with Gasteiger partial charge in [0.2, 0.25) is 0 Å². The Kier molecular flexibility index (Phi) is 20.4. The van der Waals surface area contributed by atoms with Gasteiger partial charge < -0.3 is 55.9 Å². The van der Waals surface area contributed by atoms with E-state index in [1.54, 1.807) is 27.7 Å². The molecule has 0 aliphatic rings. The summed E-state index contributed by atoms with van der Waals surface area (Å²) in [6.45, 7) is 8.87. The molecule has 0 aliphatic carbocycles. The molecule has 0 amide bonds. The van der Waals surface area contributed by atoms with E-state index in [1.165, 1.54) is 0 Å². The number of hydrogen-bond donors (Lipinski definition) is 6. The first kappa shape index (κ1) is 29.1. The highest BCUT2D eigenvalue weighted by molar-refractivity contribution is 4.63. The molecule has 0 rings (SSSR count). The number of aliphatic hydroxyl groups excluding tert-OH is 4. The van der Waals surface area contributed by atoms with Crippen LogP contribution < -0.4 is 35.4 Å². The van der Waals surface area contributed by atoms with E-state index in [0.29, 0.717) is 25.7 Å². The Morgan fingerprint density at radius 3 is 0.917 bits per heavy atom. The Morgan fingerprint density at radius 2 is 0.750 bits per heavy atom. The summed E-state index contributed by atoms with van der Waals surface area (Å²) in [6.07, 6.45) is 1.27. The molecule has 0 aromatic rings. The first-order valence-electron chi connectivity index (χ1n) is 8.59. The van der Waals surface area contributed by atoms with Crippen LogP contribution in [0.25, 0.3) is 0 Å². The fourth-order valence-corrected chi connectivity index (χ4v) is 2.99. The summed E-state index contributed by atoms with van der Waals surface area (Å²) >= 11 is 0. The Bertz CT molecular complexity index is 224. The number of quaternary nitrogens is 2. The molecule has 6 nitrogen and oxygen atoms in total. The normalized spacial score (nSPS) is 18.5. The highest BCUT2D eigenvalue weighted by Crippen LogP contribution is 2.02. The summed E-state index contributed by atoms with van der Waals surface area (Å²) in [7, 11) is 0. The van der Waals surface area contributed by atoms with Crippen molar-refractivity contribution in [2.75, 3.05) is 13.1 Å². The van der Waals surface area contributed by atoms with Crippen LogP contribution in [0.3, 0.4) is 0 Å². The second kappa shape index (κ2) is 16.8. The SMILES string of the molecule is CC(O)CC(CC(C)O)[NH2+]CC[NH2+]C(CC(C)O)CC(C)O.[Cl-].[Cl-]. The molecular formula is C16H38Cl2N2O4. The lowest BCUT2D eigenvalue weighted by molar-refractivity contribution is -0.756. The van der Waals surface area contributed by atoms with Gasteiger partial charge in [-0.1, -0.05) is 0 Å². The van der Waals surface area contributed by atoms with Gasteiger partial charge in [0.05, 0.1) is 36.5 Å². The number of halogens is 2. The van der Waals surface area contributed by atoms with Gasteiger partial charge in [0.25, 0.3) is 0 Å². The van der Waals surface area contributed by atoms with Crippen LogP contribution in [0.2, 0.25) is 0 Å². The van der Waals surface area contributed by atoms with Crippen molar-refractivity contribution in [2.24, 2.45) is 0 Å². The lowest BCUT2D eigenvalue weighted by Crippen LogP contribution is -3.00. The minimum absolute atomic E-state index is 0. The van der Waals surface area contributed by atoms with Crippen LogP contribution in [-0.2, 0) is 0 Å². The molecule has 0 aromatic heterocycles. The van der Waals surface area contributed by atoms with Gasteiger partial charge in [-0.3, -0.25) is 0 Å². The van der Waals surface area contributed by atoms with E-state index >= 15 is 0 Å². The molecule has 24 heavy (non-hydrogen) atoms. The smallest absolute Gasteiger partial charge is 0.125 e. The molecule has 0 saturated heterocycles. The number of nitrogens with two attached hydrogens (primary N) is 2. The van der Waals surface area contributed by atoms with E-state index in [-0.39, 0.29) is 61.3 Å². The third-order valence-electron chi connectivity index (χ3n) is 3.74. The monoisotopic (exact) mass is 392 g/mol. The van der Waals surface area contributed by atoms with Gasteiger partial charge in [-0.15, -0.1) is 0 Å². The predicted molar refractivity (Wildman–Crippen MR) is 86.4 cm³/mol. The van der Waals surface area contributed by atoms with Gasteiger partial charge in [-0.25, -0.2) is 0 Å². The van der Waals surface area contributed by atoms with Crippen molar-refractivity contribution in [1.82, 2.24) is 0 Å². The van der Waals surface area contributed by atoms with Crippen molar-refractivity contribution >= 4 is 0 Å². The second-order valence-electron chi connectivity index (χ2n) is 6.91. The Hall–Kier alpha value is 0.340. The summed E-state index contributed by atoms with van der Waals surface area (Å²) in [4.78, 5) is 0. The van der Waals surface area contributed by atoms with Crippen LogP contribution in [0.1, 0.15) is 53.4 Å². The zero-order valence-electron chi connectivity index (χ0n) is 15.4. The van der Waals surface area contributed by atoms with Gasteiger partial charge >= 0.3 is 0 Å². The summed E-state index contributed by atoms with van der Waals surface area (Å²) in [6, 6.07) is 0.445.